The molecule has 5 heteroatoms. The molecule has 1 fully saturated rings. The van der Waals surface area contributed by atoms with E-state index >= 15 is 0 Å². The molecule has 1 saturated heterocycles. The van der Waals surface area contributed by atoms with Gasteiger partial charge in [-0.05, 0) is 44.3 Å². The zero-order valence-electron chi connectivity index (χ0n) is 11.4. The Morgan fingerprint density at radius 1 is 1.63 bits per heavy atom. The van der Waals surface area contributed by atoms with Crippen LogP contribution in [-0.2, 0) is 6.54 Å². The Labute approximate surface area is 119 Å². The third-order valence-corrected chi connectivity index (χ3v) is 3.77. The van der Waals surface area contributed by atoms with Crippen LogP contribution in [0, 0.1) is 5.92 Å². The lowest BCUT2D eigenvalue weighted by Gasteiger charge is -2.11. The van der Waals surface area contributed by atoms with Crippen LogP contribution in [0.5, 0.6) is 0 Å². The van der Waals surface area contributed by atoms with Crippen LogP contribution in [-0.4, -0.2) is 30.1 Å². The van der Waals surface area contributed by atoms with Gasteiger partial charge in [0.15, 0.2) is 0 Å². The molecule has 1 unspecified atom stereocenters. The van der Waals surface area contributed by atoms with Gasteiger partial charge in [-0.1, -0.05) is 18.5 Å². The van der Waals surface area contributed by atoms with Gasteiger partial charge in [0.1, 0.15) is 5.69 Å². The summed E-state index contributed by atoms with van der Waals surface area (Å²) in [7, 11) is 0. The van der Waals surface area contributed by atoms with E-state index in [1.54, 1.807) is 6.07 Å². The maximum atomic E-state index is 12.1. The molecular weight excluding hydrogens is 262 g/mol. The first-order valence-corrected chi connectivity index (χ1v) is 7.43. The van der Waals surface area contributed by atoms with E-state index in [0.29, 0.717) is 16.6 Å². The fraction of sp³-hybridized carbons (Fsp3) is 0.643. The lowest BCUT2D eigenvalue weighted by molar-refractivity contribution is 0.0942. The highest BCUT2D eigenvalue weighted by Crippen LogP contribution is 2.15. The molecule has 1 aliphatic rings. The molecule has 0 aromatic carbocycles. The van der Waals surface area contributed by atoms with Crippen LogP contribution in [0.2, 0.25) is 5.02 Å². The zero-order valence-corrected chi connectivity index (χ0v) is 12.2. The van der Waals surface area contributed by atoms with Crippen LogP contribution in [0.1, 0.15) is 36.7 Å². The van der Waals surface area contributed by atoms with Gasteiger partial charge in [0.25, 0.3) is 5.91 Å². The molecule has 2 N–H and O–H groups in total. The summed E-state index contributed by atoms with van der Waals surface area (Å²) in [6.45, 7) is 5.83. The molecule has 0 radical (unpaired) electrons. The minimum Gasteiger partial charge on any atom is -0.351 e. The molecule has 1 aromatic heterocycles. The van der Waals surface area contributed by atoms with Gasteiger partial charge >= 0.3 is 0 Å². The average Bonchev–Trinajstić information content (AvgIpc) is 2.99. The number of aryl methyl sites for hydroxylation is 1. The Morgan fingerprint density at radius 2 is 2.47 bits per heavy atom. The van der Waals surface area contributed by atoms with E-state index in [1.807, 2.05) is 10.8 Å². The van der Waals surface area contributed by atoms with Crippen molar-refractivity contribution in [1.82, 2.24) is 15.2 Å². The second kappa shape index (κ2) is 6.96. The van der Waals surface area contributed by atoms with Gasteiger partial charge < -0.3 is 15.2 Å². The third-order valence-electron chi connectivity index (χ3n) is 3.56. The highest BCUT2D eigenvalue weighted by molar-refractivity contribution is 6.31. The van der Waals surface area contributed by atoms with Gasteiger partial charge in [0.05, 0.1) is 5.02 Å². The molecule has 0 spiro atoms. The summed E-state index contributed by atoms with van der Waals surface area (Å²) in [5.74, 6) is 0.678. The first kappa shape index (κ1) is 14.4. The van der Waals surface area contributed by atoms with Crippen LogP contribution in [0.3, 0.4) is 0 Å². The minimum atomic E-state index is -0.0219. The lowest BCUT2D eigenvalue weighted by Crippen LogP contribution is -2.28. The van der Waals surface area contributed by atoms with Crippen molar-refractivity contribution in [3.63, 3.8) is 0 Å². The van der Waals surface area contributed by atoms with Crippen molar-refractivity contribution in [1.29, 1.82) is 0 Å². The van der Waals surface area contributed by atoms with Crippen LogP contribution in [0.15, 0.2) is 12.3 Å². The molecule has 1 amide bonds. The number of carbonyl (C=O) groups excluding carboxylic acids is 1. The highest BCUT2D eigenvalue weighted by Gasteiger charge is 2.16. The van der Waals surface area contributed by atoms with Crippen molar-refractivity contribution in [2.75, 3.05) is 19.6 Å². The van der Waals surface area contributed by atoms with Gasteiger partial charge in [-0.3, -0.25) is 4.79 Å². The molecule has 1 aromatic rings. The Morgan fingerprint density at radius 3 is 3.16 bits per heavy atom. The van der Waals surface area contributed by atoms with E-state index in [0.717, 1.165) is 39.0 Å². The van der Waals surface area contributed by atoms with Crippen LogP contribution < -0.4 is 10.6 Å². The van der Waals surface area contributed by atoms with Crippen molar-refractivity contribution in [3.05, 3.63) is 23.0 Å². The number of aromatic nitrogens is 1. The average molecular weight is 284 g/mol. The number of hydrogen-bond donors (Lipinski definition) is 2. The number of amides is 1. The van der Waals surface area contributed by atoms with Crippen LogP contribution >= 0.6 is 11.6 Å². The molecule has 2 heterocycles. The van der Waals surface area contributed by atoms with Gasteiger partial charge in [0, 0.05) is 19.3 Å². The number of nitrogens with zero attached hydrogens (tertiary/aromatic N) is 1. The largest absolute Gasteiger partial charge is 0.351 e. The summed E-state index contributed by atoms with van der Waals surface area (Å²) in [4.78, 5) is 12.1. The van der Waals surface area contributed by atoms with Crippen molar-refractivity contribution in [2.45, 2.75) is 32.7 Å². The van der Waals surface area contributed by atoms with Crippen molar-refractivity contribution in [2.24, 2.45) is 5.92 Å². The summed E-state index contributed by atoms with van der Waals surface area (Å²) in [6.07, 6.45) is 5.06. The molecule has 0 bridgehead atoms. The molecule has 4 nitrogen and oxygen atoms in total. The van der Waals surface area contributed by atoms with Gasteiger partial charge in [-0.25, -0.2) is 0 Å². The Hall–Kier alpha value is -1.00. The highest BCUT2D eigenvalue weighted by atomic mass is 35.5. The maximum absolute atomic E-state index is 12.1. The normalized spacial score (nSPS) is 18.7. The quantitative estimate of drug-likeness (QED) is 0.841. The Balaban J connectivity index is 1.84. The van der Waals surface area contributed by atoms with E-state index in [1.165, 1.54) is 6.42 Å². The van der Waals surface area contributed by atoms with E-state index in [9.17, 15) is 4.79 Å². The molecule has 106 valence electrons. The van der Waals surface area contributed by atoms with Crippen molar-refractivity contribution < 1.29 is 4.79 Å². The molecule has 1 atom stereocenters. The summed E-state index contributed by atoms with van der Waals surface area (Å²) < 4.78 is 1.93. The zero-order chi connectivity index (χ0) is 13.7. The van der Waals surface area contributed by atoms with Gasteiger partial charge in [-0.2, -0.15) is 0 Å². The van der Waals surface area contributed by atoms with Crippen LogP contribution in [0.25, 0.3) is 0 Å². The Bertz CT molecular complexity index is 424. The van der Waals surface area contributed by atoms with E-state index in [-0.39, 0.29) is 5.91 Å². The number of hydrogen-bond acceptors (Lipinski definition) is 2. The predicted octanol–water partition coefficient (Wildman–Crippen LogP) is 2.28. The molecule has 19 heavy (non-hydrogen) atoms. The summed E-state index contributed by atoms with van der Waals surface area (Å²) in [6, 6.07) is 1.74. The molecule has 2 rings (SSSR count). The van der Waals surface area contributed by atoms with Gasteiger partial charge in [-0.15, -0.1) is 0 Å². The summed E-state index contributed by atoms with van der Waals surface area (Å²) >= 11 is 5.97. The van der Waals surface area contributed by atoms with E-state index < -0.39 is 0 Å². The van der Waals surface area contributed by atoms with Crippen molar-refractivity contribution >= 4 is 17.5 Å². The lowest BCUT2D eigenvalue weighted by atomic mass is 10.1. The number of nitrogens with one attached hydrogen (secondary N) is 2. The molecular formula is C14H22ClN3O. The SMILES string of the molecule is CCCn1cc(Cl)cc1C(=O)NCCC1CCNC1. The fourth-order valence-corrected chi connectivity index (χ4v) is 2.75. The second-order valence-corrected chi connectivity index (χ2v) is 5.58. The van der Waals surface area contributed by atoms with Crippen molar-refractivity contribution in [3.8, 4) is 0 Å². The van der Waals surface area contributed by atoms with Crippen LogP contribution in [0.4, 0.5) is 0 Å². The predicted molar refractivity (Wildman–Crippen MR) is 77.7 cm³/mol. The van der Waals surface area contributed by atoms with Gasteiger partial charge in [0.2, 0.25) is 0 Å². The van der Waals surface area contributed by atoms with E-state index in [4.69, 9.17) is 11.6 Å². The Kier molecular flexibility index (Phi) is 5.28. The van der Waals surface area contributed by atoms with E-state index in [2.05, 4.69) is 17.6 Å². The second-order valence-electron chi connectivity index (χ2n) is 5.14. The maximum Gasteiger partial charge on any atom is 0.267 e. The molecule has 0 saturated carbocycles. The molecule has 0 aliphatic carbocycles. The fourth-order valence-electron chi connectivity index (χ4n) is 2.53. The minimum absolute atomic E-state index is 0.0219. The molecule has 1 aliphatic heterocycles. The number of rotatable bonds is 6. The standard InChI is InChI=1S/C14H22ClN3O/c1-2-7-18-10-12(15)8-13(18)14(19)17-6-4-11-3-5-16-9-11/h8,10-11,16H,2-7,9H2,1H3,(H,17,19). The smallest absolute Gasteiger partial charge is 0.267 e. The first-order valence-electron chi connectivity index (χ1n) is 7.05. The number of carbonyl (C=O) groups is 1. The topological polar surface area (TPSA) is 46.1 Å². The monoisotopic (exact) mass is 283 g/mol. The number of halogens is 1. The first-order chi connectivity index (χ1) is 9.20. The third kappa shape index (κ3) is 3.98. The summed E-state index contributed by atoms with van der Waals surface area (Å²) in [5.41, 5.74) is 0.663. The summed E-state index contributed by atoms with van der Waals surface area (Å²) in [5, 5.41) is 6.95.